The molecule has 0 spiro atoms. The Morgan fingerprint density at radius 1 is 1.03 bits per heavy atom. The number of para-hydroxylation sites is 1. The fourth-order valence-corrected chi connectivity index (χ4v) is 2.99. The van der Waals surface area contributed by atoms with Crippen LogP contribution in [0.15, 0.2) is 65.8 Å². The lowest BCUT2D eigenvalue weighted by atomic mass is 10.2. The molecule has 4 aromatic heterocycles. The van der Waals surface area contributed by atoms with E-state index < -0.39 is 12.1 Å². The Kier molecular flexibility index (Phi) is 4.12. The minimum absolute atomic E-state index is 0.196. The van der Waals surface area contributed by atoms with Gasteiger partial charge in [-0.25, -0.2) is 19.6 Å². The molecule has 148 valence electrons. The molecule has 0 saturated heterocycles. The van der Waals surface area contributed by atoms with Crippen molar-refractivity contribution in [3.63, 3.8) is 0 Å². The number of alkyl halides is 2. The van der Waals surface area contributed by atoms with Crippen LogP contribution in [-0.2, 0) is 0 Å². The zero-order valence-electron chi connectivity index (χ0n) is 15.1. The van der Waals surface area contributed by atoms with Gasteiger partial charge in [-0.1, -0.05) is 18.2 Å². The van der Waals surface area contributed by atoms with Gasteiger partial charge in [0.1, 0.15) is 5.69 Å². The zero-order chi connectivity index (χ0) is 20.7. The lowest BCUT2D eigenvalue weighted by molar-refractivity contribution is 0.0566. The molecule has 5 rings (SSSR count). The standard InChI is InChI=1S/C19H12F2N8O/c20-18(21)28-10-11(9-23-28)15-26-16-12-5-1-2-6-13(12)24-19(29(16)27-15)25-14-7-3-4-8-22-17(14)30/h1-10,18H,(H,22,24,25,30). The highest BCUT2D eigenvalue weighted by molar-refractivity contribution is 5.93. The number of nitrogens with zero attached hydrogens (tertiary/aromatic N) is 7. The molecule has 4 heterocycles. The average molecular weight is 406 g/mol. The third-order valence-corrected chi connectivity index (χ3v) is 4.37. The number of anilines is 2. The number of hydrogen-bond donors (Lipinski definition) is 1. The van der Waals surface area contributed by atoms with Crippen LogP contribution in [0.3, 0.4) is 0 Å². The minimum atomic E-state index is -2.77. The molecule has 1 aromatic carbocycles. The van der Waals surface area contributed by atoms with Gasteiger partial charge in [-0.2, -0.15) is 18.4 Å². The van der Waals surface area contributed by atoms with E-state index in [1.54, 1.807) is 24.3 Å². The SMILES string of the molecule is O=c1nccccc1Nc1nc2ccccc2c2nc(-c3cnn(C(F)F)c3)nn12. The van der Waals surface area contributed by atoms with Crippen LogP contribution >= 0.6 is 0 Å². The first-order chi connectivity index (χ1) is 14.6. The van der Waals surface area contributed by atoms with Gasteiger partial charge in [-0.15, -0.1) is 5.10 Å². The van der Waals surface area contributed by atoms with Crippen LogP contribution in [0.4, 0.5) is 20.4 Å². The van der Waals surface area contributed by atoms with Crippen molar-refractivity contribution in [2.24, 2.45) is 0 Å². The fraction of sp³-hybridized carbons (Fsp3) is 0.0526. The molecule has 1 N–H and O–H groups in total. The predicted molar refractivity (Wildman–Crippen MR) is 105 cm³/mol. The Morgan fingerprint density at radius 2 is 1.87 bits per heavy atom. The van der Waals surface area contributed by atoms with E-state index in [4.69, 9.17) is 0 Å². The normalized spacial score (nSPS) is 11.4. The van der Waals surface area contributed by atoms with Crippen molar-refractivity contribution in [3.8, 4) is 11.4 Å². The molecule has 0 atom stereocenters. The van der Waals surface area contributed by atoms with Gasteiger partial charge in [-0.3, -0.25) is 4.79 Å². The van der Waals surface area contributed by atoms with E-state index in [1.165, 1.54) is 23.1 Å². The van der Waals surface area contributed by atoms with Crippen LogP contribution in [0.5, 0.6) is 0 Å². The van der Waals surface area contributed by atoms with E-state index in [-0.39, 0.29) is 17.5 Å². The highest BCUT2D eigenvalue weighted by Gasteiger charge is 2.17. The molecule has 0 amide bonds. The second-order valence-electron chi connectivity index (χ2n) is 6.28. The molecule has 0 aliphatic carbocycles. The van der Waals surface area contributed by atoms with Crippen LogP contribution in [0, 0.1) is 0 Å². The van der Waals surface area contributed by atoms with E-state index in [0.29, 0.717) is 26.8 Å². The Bertz CT molecular complexity index is 1450. The van der Waals surface area contributed by atoms with Crippen molar-refractivity contribution in [1.29, 1.82) is 0 Å². The molecule has 0 aliphatic heterocycles. The number of fused-ring (bicyclic) bond motifs is 3. The maximum Gasteiger partial charge on any atom is 0.333 e. The molecule has 0 fully saturated rings. The summed E-state index contributed by atoms with van der Waals surface area (Å²) in [6, 6.07) is 12.1. The molecule has 0 bridgehead atoms. The molecular weight excluding hydrogens is 394 g/mol. The van der Waals surface area contributed by atoms with Crippen molar-refractivity contribution in [1.82, 2.24) is 34.3 Å². The number of nitrogens with one attached hydrogen (secondary N) is 1. The molecule has 0 aliphatic rings. The Hall–Kier alpha value is -4.28. The summed E-state index contributed by atoms with van der Waals surface area (Å²) in [7, 11) is 0. The van der Waals surface area contributed by atoms with Crippen LogP contribution in [-0.4, -0.2) is 34.3 Å². The van der Waals surface area contributed by atoms with Crippen LogP contribution in [0.2, 0.25) is 0 Å². The lowest BCUT2D eigenvalue weighted by Gasteiger charge is -2.07. The van der Waals surface area contributed by atoms with E-state index in [2.05, 4.69) is 30.5 Å². The summed E-state index contributed by atoms with van der Waals surface area (Å²) in [4.78, 5) is 25.0. The maximum absolute atomic E-state index is 12.9. The van der Waals surface area contributed by atoms with Gasteiger partial charge in [0.25, 0.3) is 5.56 Å². The van der Waals surface area contributed by atoms with E-state index in [9.17, 15) is 13.6 Å². The molecule has 0 radical (unpaired) electrons. The summed E-state index contributed by atoms with van der Waals surface area (Å²) in [5.74, 6) is 0.427. The highest BCUT2D eigenvalue weighted by Crippen LogP contribution is 2.25. The molecular formula is C19H12F2N8O. The predicted octanol–water partition coefficient (Wildman–Crippen LogP) is 3.03. The second-order valence-corrected chi connectivity index (χ2v) is 6.28. The maximum atomic E-state index is 12.9. The smallest absolute Gasteiger partial charge is 0.319 e. The Morgan fingerprint density at radius 3 is 2.70 bits per heavy atom. The van der Waals surface area contributed by atoms with Crippen molar-refractivity contribution in [2.45, 2.75) is 6.55 Å². The Balaban J connectivity index is 1.72. The van der Waals surface area contributed by atoms with Crippen molar-refractivity contribution < 1.29 is 8.78 Å². The Labute approximate surface area is 166 Å². The summed E-state index contributed by atoms with van der Waals surface area (Å²) in [5, 5.41) is 11.7. The summed E-state index contributed by atoms with van der Waals surface area (Å²) in [6.45, 7) is -2.77. The number of rotatable bonds is 4. The topological polar surface area (TPSA) is 103 Å². The molecule has 11 heteroatoms. The van der Waals surface area contributed by atoms with Gasteiger partial charge in [0.05, 0.1) is 17.3 Å². The summed E-state index contributed by atoms with van der Waals surface area (Å²) in [5.41, 5.74) is 1.12. The number of halogens is 2. The van der Waals surface area contributed by atoms with Crippen molar-refractivity contribution in [2.75, 3.05) is 5.32 Å². The van der Waals surface area contributed by atoms with Crippen molar-refractivity contribution >= 4 is 28.2 Å². The van der Waals surface area contributed by atoms with Gasteiger partial charge in [0.2, 0.25) is 5.95 Å². The molecule has 30 heavy (non-hydrogen) atoms. The third kappa shape index (κ3) is 3.02. The minimum Gasteiger partial charge on any atom is -0.319 e. The van der Waals surface area contributed by atoms with Gasteiger partial charge in [0.15, 0.2) is 11.5 Å². The first-order valence-corrected chi connectivity index (χ1v) is 8.81. The van der Waals surface area contributed by atoms with E-state index in [0.717, 1.165) is 0 Å². The summed E-state index contributed by atoms with van der Waals surface area (Å²) in [6.07, 6.45) is 3.82. The summed E-state index contributed by atoms with van der Waals surface area (Å²) < 4.78 is 27.7. The van der Waals surface area contributed by atoms with Gasteiger partial charge < -0.3 is 5.32 Å². The first-order valence-electron chi connectivity index (χ1n) is 8.81. The van der Waals surface area contributed by atoms with Gasteiger partial charge in [0, 0.05) is 17.8 Å². The molecule has 0 saturated carbocycles. The van der Waals surface area contributed by atoms with Gasteiger partial charge in [-0.05, 0) is 24.3 Å². The van der Waals surface area contributed by atoms with E-state index >= 15 is 0 Å². The van der Waals surface area contributed by atoms with Crippen LogP contribution in [0.25, 0.3) is 27.9 Å². The zero-order valence-corrected chi connectivity index (χ0v) is 15.1. The number of aromatic nitrogens is 7. The molecule has 9 nitrogen and oxygen atoms in total. The number of benzene rings is 1. The quantitative estimate of drug-likeness (QED) is 0.489. The van der Waals surface area contributed by atoms with Crippen LogP contribution in [0.1, 0.15) is 6.55 Å². The summed E-state index contributed by atoms with van der Waals surface area (Å²) >= 11 is 0. The first kappa shape index (κ1) is 17.8. The van der Waals surface area contributed by atoms with Gasteiger partial charge >= 0.3 is 6.55 Å². The highest BCUT2D eigenvalue weighted by atomic mass is 19.3. The van der Waals surface area contributed by atoms with Crippen molar-refractivity contribution in [3.05, 3.63) is 71.4 Å². The lowest BCUT2D eigenvalue weighted by Crippen LogP contribution is -2.11. The van der Waals surface area contributed by atoms with E-state index in [1.807, 2.05) is 18.2 Å². The monoisotopic (exact) mass is 406 g/mol. The largest absolute Gasteiger partial charge is 0.333 e. The second kappa shape index (κ2) is 6.95. The average Bonchev–Trinajstić information content (AvgIpc) is 3.36. The third-order valence-electron chi connectivity index (χ3n) is 4.37. The number of hydrogen-bond acceptors (Lipinski definition) is 7. The molecule has 5 aromatic rings. The van der Waals surface area contributed by atoms with Crippen LogP contribution < -0.4 is 10.9 Å². The molecule has 0 unspecified atom stereocenters. The fourth-order valence-electron chi connectivity index (χ4n) is 2.99.